The van der Waals surface area contributed by atoms with Crippen LogP contribution >= 0.6 is 11.6 Å². The molecule has 0 unspecified atom stereocenters. The van der Waals surface area contributed by atoms with Gasteiger partial charge in [0.2, 0.25) is 0 Å². The number of aromatic nitrogens is 2. The first-order valence-corrected chi connectivity index (χ1v) is 6.70. The number of hydrogen-bond donors (Lipinski definition) is 2. The molecule has 94 valence electrons. The van der Waals surface area contributed by atoms with Gasteiger partial charge >= 0.3 is 0 Å². The molecule has 0 aliphatic carbocycles. The molecule has 8 heteroatoms. The van der Waals surface area contributed by atoms with Gasteiger partial charge in [0.15, 0.2) is 0 Å². The van der Waals surface area contributed by atoms with Gasteiger partial charge in [-0.2, -0.15) is 0 Å². The van der Waals surface area contributed by atoms with Crippen molar-refractivity contribution in [1.29, 1.82) is 0 Å². The summed E-state index contributed by atoms with van der Waals surface area (Å²) in [7, 11) is -3.74. The van der Waals surface area contributed by atoms with Crippen LogP contribution in [0.2, 0.25) is 5.15 Å². The molecule has 2 heterocycles. The van der Waals surface area contributed by atoms with Crippen molar-refractivity contribution < 1.29 is 8.42 Å². The highest BCUT2D eigenvalue weighted by molar-refractivity contribution is 7.92. The third-order valence-corrected chi connectivity index (χ3v) is 3.57. The summed E-state index contributed by atoms with van der Waals surface area (Å²) in [6.45, 7) is 0. The number of nitrogens with two attached hydrogens (primary N) is 1. The SMILES string of the molecule is Nc1ccc(S(=O)(=O)Nc2cccc(Cl)n2)cn1. The van der Waals surface area contributed by atoms with E-state index in [1.165, 1.54) is 24.4 Å². The molecule has 2 aromatic rings. The first kappa shape index (κ1) is 12.6. The number of nitrogens with one attached hydrogen (secondary N) is 1. The number of hydrogen-bond acceptors (Lipinski definition) is 5. The van der Waals surface area contributed by atoms with Crippen LogP contribution < -0.4 is 10.5 Å². The molecular formula is C10H9ClN4O2S. The average Bonchev–Trinajstić information content (AvgIpc) is 2.29. The van der Waals surface area contributed by atoms with Crippen LogP contribution in [0.15, 0.2) is 41.4 Å². The van der Waals surface area contributed by atoms with E-state index < -0.39 is 10.0 Å². The summed E-state index contributed by atoms with van der Waals surface area (Å²) in [4.78, 5) is 7.55. The Morgan fingerprint density at radius 2 is 2.00 bits per heavy atom. The van der Waals surface area contributed by atoms with Crippen molar-refractivity contribution in [1.82, 2.24) is 9.97 Å². The van der Waals surface area contributed by atoms with Crippen LogP contribution in [0.5, 0.6) is 0 Å². The van der Waals surface area contributed by atoms with E-state index >= 15 is 0 Å². The Hall–Kier alpha value is -1.86. The molecule has 3 N–H and O–H groups in total. The smallest absolute Gasteiger partial charge is 0.264 e. The molecule has 2 rings (SSSR count). The van der Waals surface area contributed by atoms with E-state index in [0.29, 0.717) is 0 Å². The van der Waals surface area contributed by atoms with E-state index in [1.807, 2.05) is 0 Å². The highest BCUT2D eigenvalue weighted by atomic mass is 35.5. The van der Waals surface area contributed by atoms with Gasteiger partial charge in [-0.05, 0) is 24.3 Å². The molecule has 0 atom stereocenters. The highest BCUT2D eigenvalue weighted by Crippen LogP contribution is 2.15. The van der Waals surface area contributed by atoms with E-state index in [2.05, 4.69) is 14.7 Å². The monoisotopic (exact) mass is 284 g/mol. The van der Waals surface area contributed by atoms with E-state index in [1.54, 1.807) is 12.1 Å². The van der Waals surface area contributed by atoms with Gasteiger partial charge in [-0.25, -0.2) is 18.4 Å². The zero-order valence-electron chi connectivity index (χ0n) is 9.04. The van der Waals surface area contributed by atoms with Crippen molar-refractivity contribution in [2.75, 3.05) is 10.5 Å². The van der Waals surface area contributed by atoms with Crippen LogP contribution in [0.3, 0.4) is 0 Å². The summed E-state index contributed by atoms with van der Waals surface area (Å²) in [5.74, 6) is 0.383. The van der Waals surface area contributed by atoms with Gasteiger partial charge < -0.3 is 5.73 Å². The van der Waals surface area contributed by atoms with Crippen molar-refractivity contribution in [3.63, 3.8) is 0 Å². The maximum atomic E-state index is 11.9. The van der Waals surface area contributed by atoms with Crippen LogP contribution in [-0.4, -0.2) is 18.4 Å². The number of rotatable bonds is 3. The average molecular weight is 285 g/mol. The normalized spacial score (nSPS) is 11.2. The topological polar surface area (TPSA) is 98.0 Å². The lowest BCUT2D eigenvalue weighted by Crippen LogP contribution is -2.14. The van der Waals surface area contributed by atoms with E-state index in [0.717, 1.165) is 0 Å². The fourth-order valence-electron chi connectivity index (χ4n) is 1.21. The number of halogens is 1. The minimum absolute atomic E-state index is 0.00141. The lowest BCUT2D eigenvalue weighted by atomic mass is 10.5. The maximum absolute atomic E-state index is 11.9. The summed E-state index contributed by atoms with van der Waals surface area (Å²) < 4.78 is 26.2. The lowest BCUT2D eigenvalue weighted by Gasteiger charge is -2.07. The summed E-state index contributed by atoms with van der Waals surface area (Å²) in [6, 6.07) is 7.39. The zero-order chi connectivity index (χ0) is 13.2. The zero-order valence-corrected chi connectivity index (χ0v) is 10.6. The molecule has 0 fully saturated rings. The van der Waals surface area contributed by atoms with E-state index in [4.69, 9.17) is 17.3 Å². The molecule has 0 saturated carbocycles. The van der Waals surface area contributed by atoms with Gasteiger partial charge in [-0.1, -0.05) is 17.7 Å². The second kappa shape index (κ2) is 4.79. The van der Waals surface area contributed by atoms with Crippen molar-refractivity contribution in [3.05, 3.63) is 41.7 Å². The Balaban J connectivity index is 2.30. The molecule has 0 amide bonds. The Morgan fingerprint density at radius 3 is 2.61 bits per heavy atom. The van der Waals surface area contributed by atoms with Gasteiger partial charge in [0, 0.05) is 6.20 Å². The molecule has 18 heavy (non-hydrogen) atoms. The second-order valence-corrected chi connectivity index (χ2v) is 5.44. The predicted octanol–water partition coefficient (Wildman–Crippen LogP) is 1.51. The van der Waals surface area contributed by atoms with Crippen molar-refractivity contribution in [2.24, 2.45) is 0 Å². The Kier molecular flexibility index (Phi) is 3.35. The van der Waals surface area contributed by atoms with E-state index in [9.17, 15) is 8.42 Å². The molecule has 0 aliphatic heterocycles. The molecule has 0 aromatic carbocycles. The third kappa shape index (κ3) is 2.88. The first-order valence-electron chi connectivity index (χ1n) is 4.84. The number of sulfonamides is 1. The van der Waals surface area contributed by atoms with Crippen molar-refractivity contribution in [3.8, 4) is 0 Å². The molecule has 6 nitrogen and oxygen atoms in total. The molecular weight excluding hydrogens is 276 g/mol. The fraction of sp³-hybridized carbons (Fsp3) is 0. The van der Waals surface area contributed by atoms with Gasteiger partial charge in [0.25, 0.3) is 10.0 Å². The van der Waals surface area contributed by atoms with Crippen LogP contribution in [0.4, 0.5) is 11.6 Å². The minimum Gasteiger partial charge on any atom is -0.384 e. The van der Waals surface area contributed by atoms with Crippen LogP contribution in [-0.2, 0) is 10.0 Å². The molecule has 0 aliphatic rings. The summed E-state index contributed by atoms with van der Waals surface area (Å²) >= 11 is 5.67. The molecule has 0 radical (unpaired) electrons. The van der Waals surface area contributed by atoms with Crippen LogP contribution in [0.1, 0.15) is 0 Å². The first-order chi connectivity index (χ1) is 8.47. The number of nitrogen functional groups attached to an aromatic ring is 1. The van der Waals surface area contributed by atoms with Crippen LogP contribution in [0.25, 0.3) is 0 Å². The summed E-state index contributed by atoms with van der Waals surface area (Å²) in [6.07, 6.45) is 1.17. The summed E-state index contributed by atoms with van der Waals surface area (Å²) in [5.41, 5.74) is 5.39. The Bertz CT molecular complexity index is 658. The molecule has 0 bridgehead atoms. The minimum atomic E-state index is -3.74. The Morgan fingerprint density at radius 1 is 1.22 bits per heavy atom. The third-order valence-electron chi connectivity index (χ3n) is 2.02. The van der Waals surface area contributed by atoms with Crippen molar-refractivity contribution >= 4 is 33.3 Å². The molecule has 0 saturated heterocycles. The van der Waals surface area contributed by atoms with Crippen molar-refractivity contribution in [2.45, 2.75) is 4.90 Å². The highest BCUT2D eigenvalue weighted by Gasteiger charge is 2.15. The number of nitrogens with zero attached hydrogens (tertiary/aromatic N) is 2. The Labute approximate surface area is 109 Å². The number of pyridine rings is 2. The van der Waals surface area contributed by atoms with Gasteiger partial charge in [0.1, 0.15) is 21.7 Å². The standard InChI is InChI=1S/C10H9ClN4O2S/c11-8-2-1-3-10(14-8)15-18(16,17)7-4-5-9(12)13-6-7/h1-6H,(H2,12,13)(H,14,15). The quantitative estimate of drug-likeness (QED) is 0.833. The molecule has 2 aromatic heterocycles. The van der Waals surface area contributed by atoms with Crippen LogP contribution in [0, 0.1) is 0 Å². The largest absolute Gasteiger partial charge is 0.384 e. The van der Waals surface area contributed by atoms with E-state index in [-0.39, 0.29) is 21.7 Å². The van der Waals surface area contributed by atoms with Gasteiger partial charge in [0.05, 0.1) is 0 Å². The lowest BCUT2D eigenvalue weighted by molar-refractivity contribution is 0.600. The predicted molar refractivity (Wildman–Crippen MR) is 68.7 cm³/mol. The van der Waals surface area contributed by atoms with Gasteiger partial charge in [-0.15, -0.1) is 0 Å². The second-order valence-electron chi connectivity index (χ2n) is 3.37. The number of anilines is 2. The fourth-order valence-corrected chi connectivity index (χ4v) is 2.32. The summed E-state index contributed by atoms with van der Waals surface area (Å²) in [5, 5.41) is 0.200. The maximum Gasteiger partial charge on any atom is 0.264 e. The van der Waals surface area contributed by atoms with Gasteiger partial charge in [-0.3, -0.25) is 4.72 Å². The molecule has 0 spiro atoms.